The van der Waals surface area contributed by atoms with Gasteiger partial charge in [-0.05, 0) is 6.92 Å². The first-order valence-electron chi connectivity index (χ1n) is 5.51. The number of aromatic nitrogens is 2. The fraction of sp³-hybridized carbons (Fsp3) is 0.636. The van der Waals surface area contributed by atoms with Crippen molar-refractivity contribution in [3.8, 4) is 0 Å². The highest BCUT2D eigenvalue weighted by Gasteiger charge is 2.12. The first-order chi connectivity index (χ1) is 8.02. The van der Waals surface area contributed by atoms with Crippen LogP contribution < -0.4 is 5.32 Å². The van der Waals surface area contributed by atoms with Gasteiger partial charge in [0.05, 0.1) is 25.4 Å². The van der Waals surface area contributed by atoms with Gasteiger partial charge in [-0.25, -0.2) is 4.79 Å². The highest BCUT2D eigenvalue weighted by Crippen LogP contribution is 2.01. The van der Waals surface area contributed by atoms with Crippen molar-refractivity contribution < 1.29 is 9.53 Å². The van der Waals surface area contributed by atoms with E-state index in [1.54, 1.807) is 29.9 Å². The third-order valence-electron chi connectivity index (χ3n) is 2.31. The van der Waals surface area contributed by atoms with E-state index in [1.807, 2.05) is 20.2 Å². The van der Waals surface area contributed by atoms with Crippen LogP contribution in [0, 0.1) is 0 Å². The first-order valence-corrected chi connectivity index (χ1v) is 5.51. The van der Waals surface area contributed by atoms with Gasteiger partial charge in [0.1, 0.15) is 0 Å². The minimum absolute atomic E-state index is 0.00356. The van der Waals surface area contributed by atoms with Crippen molar-refractivity contribution in [2.45, 2.75) is 19.5 Å². The van der Waals surface area contributed by atoms with E-state index in [0.717, 1.165) is 5.56 Å². The van der Waals surface area contributed by atoms with Gasteiger partial charge in [0.25, 0.3) is 0 Å². The molecule has 0 aromatic carbocycles. The predicted molar refractivity (Wildman–Crippen MR) is 64.5 cm³/mol. The molecule has 0 spiro atoms. The van der Waals surface area contributed by atoms with E-state index in [4.69, 9.17) is 4.74 Å². The lowest BCUT2D eigenvalue weighted by molar-refractivity contribution is 0.162. The summed E-state index contributed by atoms with van der Waals surface area (Å²) in [7, 11) is 5.22. The standard InChI is InChI=1S/C11H20N4O2/c1-9(8-17-4)13-11(16)14(2)6-10-5-12-15(3)7-10/h5,7,9H,6,8H2,1-4H3,(H,13,16). The molecule has 0 saturated carbocycles. The number of aryl methyl sites for hydroxylation is 1. The van der Waals surface area contributed by atoms with Crippen LogP contribution in [0.2, 0.25) is 0 Å². The lowest BCUT2D eigenvalue weighted by Crippen LogP contribution is -2.43. The minimum atomic E-state index is -0.113. The maximum absolute atomic E-state index is 11.8. The van der Waals surface area contributed by atoms with E-state index < -0.39 is 0 Å². The summed E-state index contributed by atoms with van der Waals surface area (Å²) in [5.74, 6) is 0. The molecule has 17 heavy (non-hydrogen) atoms. The molecular weight excluding hydrogens is 220 g/mol. The number of hydrogen-bond acceptors (Lipinski definition) is 3. The van der Waals surface area contributed by atoms with Gasteiger partial charge in [-0.1, -0.05) is 0 Å². The molecule has 1 rings (SSSR count). The number of nitrogens with one attached hydrogen (secondary N) is 1. The highest BCUT2D eigenvalue weighted by molar-refractivity contribution is 5.74. The van der Waals surface area contributed by atoms with Gasteiger partial charge in [-0.2, -0.15) is 5.10 Å². The van der Waals surface area contributed by atoms with Gasteiger partial charge in [0.2, 0.25) is 0 Å². The second-order valence-electron chi connectivity index (χ2n) is 4.18. The highest BCUT2D eigenvalue weighted by atomic mass is 16.5. The Bertz CT molecular complexity index is 364. The molecule has 0 aliphatic rings. The summed E-state index contributed by atoms with van der Waals surface area (Å²) in [6.45, 7) is 2.95. The Morgan fingerprint density at radius 1 is 1.71 bits per heavy atom. The molecule has 1 N–H and O–H groups in total. The number of methoxy groups -OCH3 is 1. The van der Waals surface area contributed by atoms with Crippen molar-refractivity contribution >= 4 is 6.03 Å². The van der Waals surface area contributed by atoms with Gasteiger partial charge in [0.15, 0.2) is 0 Å². The third-order valence-corrected chi connectivity index (χ3v) is 2.31. The molecular formula is C11H20N4O2. The summed E-state index contributed by atoms with van der Waals surface area (Å²) in [4.78, 5) is 13.4. The summed E-state index contributed by atoms with van der Waals surface area (Å²) < 4.78 is 6.68. The molecule has 0 fully saturated rings. The second kappa shape index (κ2) is 6.24. The number of amides is 2. The largest absolute Gasteiger partial charge is 0.383 e. The SMILES string of the molecule is COCC(C)NC(=O)N(C)Cc1cnn(C)c1. The normalized spacial score (nSPS) is 12.2. The maximum atomic E-state index is 11.8. The summed E-state index contributed by atoms with van der Waals surface area (Å²) >= 11 is 0. The lowest BCUT2D eigenvalue weighted by atomic mass is 10.3. The third kappa shape index (κ3) is 4.44. The van der Waals surface area contributed by atoms with Crippen LogP contribution in [0.25, 0.3) is 0 Å². The zero-order chi connectivity index (χ0) is 12.8. The van der Waals surface area contributed by atoms with E-state index in [2.05, 4.69) is 10.4 Å². The number of carbonyl (C=O) groups is 1. The number of hydrogen-bond donors (Lipinski definition) is 1. The average molecular weight is 240 g/mol. The van der Waals surface area contributed by atoms with Crippen LogP contribution in [0.5, 0.6) is 0 Å². The summed E-state index contributed by atoms with van der Waals surface area (Å²) in [6.07, 6.45) is 3.64. The number of urea groups is 1. The van der Waals surface area contributed by atoms with Crippen molar-refractivity contribution in [2.24, 2.45) is 7.05 Å². The molecule has 0 aliphatic heterocycles. The van der Waals surface area contributed by atoms with Crippen LogP contribution >= 0.6 is 0 Å². The summed E-state index contributed by atoms with van der Waals surface area (Å²) in [5.41, 5.74) is 1.00. The van der Waals surface area contributed by atoms with Crippen LogP contribution in [0.1, 0.15) is 12.5 Å². The second-order valence-corrected chi connectivity index (χ2v) is 4.18. The van der Waals surface area contributed by atoms with Crippen molar-refractivity contribution in [3.63, 3.8) is 0 Å². The molecule has 1 aromatic rings. The lowest BCUT2D eigenvalue weighted by Gasteiger charge is -2.20. The fourth-order valence-electron chi connectivity index (χ4n) is 1.51. The molecule has 0 radical (unpaired) electrons. The van der Waals surface area contributed by atoms with Crippen LogP contribution in [0.4, 0.5) is 4.79 Å². The molecule has 6 heteroatoms. The molecule has 1 heterocycles. The smallest absolute Gasteiger partial charge is 0.317 e. The molecule has 0 bridgehead atoms. The molecule has 1 aromatic heterocycles. The van der Waals surface area contributed by atoms with Crippen LogP contribution in [-0.2, 0) is 18.3 Å². The van der Waals surface area contributed by atoms with Gasteiger partial charge in [-0.3, -0.25) is 4.68 Å². The van der Waals surface area contributed by atoms with Gasteiger partial charge in [-0.15, -0.1) is 0 Å². The van der Waals surface area contributed by atoms with E-state index in [1.165, 1.54) is 0 Å². The van der Waals surface area contributed by atoms with Crippen LogP contribution in [0.3, 0.4) is 0 Å². The predicted octanol–water partition coefficient (Wildman–Crippen LogP) is 0.596. The number of ether oxygens (including phenoxy) is 1. The maximum Gasteiger partial charge on any atom is 0.317 e. The van der Waals surface area contributed by atoms with Gasteiger partial charge in [0, 0.05) is 33.0 Å². The molecule has 96 valence electrons. The topological polar surface area (TPSA) is 59.4 Å². The van der Waals surface area contributed by atoms with E-state index in [9.17, 15) is 4.79 Å². The zero-order valence-corrected chi connectivity index (χ0v) is 10.8. The molecule has 1 atom stereocenters. The van der Waals surface area contributed by atoms with Crippen molar-refractivity contribution in [1.29, 1.82) is 0 Å². The van der Waals surface area contributed by atoms with E-state index in [-0.39, 0.29) is 12.1 Å². The van der Waals surface area contributed by atoms with E-state index >= 15 is 0 Å². The van der Waals surface area contributed by atoms with Crippen LogP contribution in [0.15, 0.2) is 12.4 Å². The Hall–Kier alpha value is -1.56. The molecule has 6 nitrogen and oxygen atoms in total. The fourth-order valence-corrected chi connectivity index (χ4v) is 1.51. The van der Waals surface area contributed by atoms with Crippen molar-refractivity contribution in [1.82, 2.24) is 20.0 Å². The van der Waals surface area contributed by atoms with Crippen molar-refractivity contribution in [3.05, 3.63) is 18.0 Å². The van der Waals surface area contributed by atoms with E-state index in [0.29, 0.717) is 13.2 Å². The molecule has 0 aliphatic carbocycles. The van der Waals surface area contributed by atoms with Crippen LogP contribution in [-0.4, -0.2) is 47.5 Å². The quantitative estimate of drug-likeness (QED) is 0.819. The Morgan fingerprint density at radius 2 is 2.41 bits per heavy atom. The Balaban J connectivity index is 2.41. The number of rotatable bonds is 5. The number of nitrogens with zero attached hydrogens (tertiary/aromatic N) is 3. The molecule has 1 unspecified atom stereocenters. The Labute approximate surface area is 102 Å². The average Bonchev–Trinajstić information content (AvgIpc) is 2.64. The Morgan fingerprint density at radius 3 is 2.94 bits per heavy atom. The zero-order valence-electron chi connectivity index (χ0n) is 10.8. The monoisotopic (exact) mass is 240 g/mol. The Kier molecular flexibility index (Phi) is 4.96. The minimum Gasteiger partial charge on any atom is -0.383 e. The summed E-state index contributed by atoms with van der Waals surface area (Å²) in [6, 6.07) is -0.109. The van der Waals surface area contributed by atoms with Gasteiger partial charge < -0.3 is 15.0 Å². The van der Waals surface area contributed by atoms with Gasteiger partial charge >= 0.3 is 6.03 Å². The molecule has 0 saturated heterocycles. The van der Waals surface area contributed by atoms with Crippen molar-refractivity contribution in [2.75, 3.05) is 20.8 Å². The number of carbonyl (C=O) groups excluding carboxylic acids is 1. The summed E-state index contributed by atoms with van der Waals surface area (Å²) in [5, 5.41) is 6.90. The first kappa shape index (κ1) is 13.5. The molecule has 2 amide bonds.